The van der Waals surface area contributed by atoms with Crippen LogP contribution in [0, 0.1) is 17.2 Å². The van der Waals surface area contributed by atoms with Crippen LogP contribution in [0.15, 0.2) is 72.8 Å². The van der Waals surface area contributed by atoms with Gasteiger partial charge in [0.15, 0.2) is 0 Å². The Bertz CT molecular complexity index is 1220. The number of rotatable bonds is 8. The summed E-state index contributed by atoms with van der Waals surface area (Å²) in [5.74, 6) is -0.696. The molecule has 2 atom stereocenters. The van der Waals surface area contributed by atoms with E-state index in [4.69, 9.17) is 5.26 Å². The summed E-state index contributed by atoms with van der Waals surface area (Å²) in [5.41, 5.74) is 5.47. The fraction of sp³-hybridized carbons (Fsp3) is 0.310. The highest BCUT2D eigenvalue weighted by molar-refractivity contribution is 5.82. The number of carbonyl (C=O) groups excluding carboxylic acids is 1. The van der Waals surface area contributed by atoms with Gasteiger partial charge in [0.2, 0.25) is 5.91 Å². The number of carbonyl (C=O) groups is 1. The van der Waals surface area contributed by atoms with Crippen LogP contribution in [0.1, 0.15) is 54.5 Å². The van der Waals surface area contributed by atoms with Crippen molar-refractivity contribution in [1.29, 1.82) is 5.26 Å². The summed E-state index contributed by atoms with van der Waals surface area (Å²) in [6.45, 7) is 3.41. The maximum absolute atomic E-state index is 14.2. The predicted octanol–water partition coefficient (Wildman–Crippen LogP) is 6.09. The molecule has 0 aromatic heterocycles. The zero-order valence-electron chi connectivity index (χ0n) is 20.1. The van der Waals surface area contributed by atoms with Crippen LogP contribution in [0.2, 0.25) is 0 Å². The van der Waals surface area contributed by atoms with Crippen molar-refractivity contribution in [3.63, 3.8) is 0 Å². The first kappa shape index (κ1) is 25.5. The summed E-state index contributed by atoms with van der Waals surface area (Å²) in [6, 6.07) is 21.3. The van der Waals surface area contributed by atoms with Gasteiger partial charge in [-0.05, 0) is 45.7 Å². The molecule has 0 heterocycles. The monoisotopic (exact) mass is 491 g/mol. The zero-order chi connectivity index (χ0) is 25.9. The topological polar surface area (TPSA) is 64.9 Å². The number of halogens is 3. The van der Waals surface area contributed by atoms with Crippen molar-refractivity contribution in [2.24, 2.45) is 5.92 Å². The SMILES string of the molecule is CC(C)C[C@H](N[C@@H](c1ccc(C2c3ccccc3-c3ccccc32)cc1)C(F)(F)F)C(=O)NCC#N. The van der Waals surface area contributed by atoms with Gasteiger partial charge in [0, 0.05) is 5.92 Å². The highest BCUT2D eigenvalue weighted by atomic mass is 19.4. The highest BCUT2D eigenvalue weighted by Gasteiger charge is 2.43. The standard InChI is InChI=1S/C29H28F3N3O/c1-18(2)17-25(28(36)34-16-15-33)35-27(29(30,31)32)20-13-11-19(12-14-20)26-23-9-5-3-7-21(23)22-8-4-6-10-24(22)26/h3-14,18,25-27,35H,16-17H2,1-2H3,(H,34,36)/t25-,27-/m0/s1. The van der Waals surface area contributed by atoms with E-state index in [9.17, 15) is 18.0 Å². The molecule has 1 aliphatic rings. The van der Waals surface area contributed by atoms with Gasteiger partial charge in [-0.15, -0.1) is 0 Å². The summed E-state index contributed by atoms with van der Waals surface area (Å²) < 4.78 is 42.5. The molecule has 1 amide bonds. The molecule has 0 fully saturated rings. The van der Waals surface area contributed by atoms with Crippen molar-refractivity contribution in [1.82, 2.24) is 10.6 Å². The number of benzene rings is 3. The Labute approximate surface area is 209 Å². The van der Waals surface area contributed by atoms with E-state index < -0.39 is 24.2 Å². The largest absolute Gasteiger partial charge is 0.407 e. The van der Waals surface area contributed by atoms with Crippen LogP contribution in [0.4, 0.5) is 13.2 Å². The quantitative estimate of drug-likeness (QED) is 0.293. The second-order valence-electron chi connectivity index (χ2n) is 9.47. The Hall–Kier alpha value is -3.63. The third kappa shape index (κ3) is 5.29. The molecule has 4 rings (SSSR count). The molecule has 0 spiro atoms. The van der Waals surface area contributed by atoms with E-state index in [1.807, 2.05) is 38.1 Å². The third-order valence-electron chi connectivity index (χ3n) is 6.50. The van der Waals surface area contributed by atoms with Crippen LogP contribution >= 0.6 is 0 Å². The first-order valence-electron chi connectivity index (χ1n) is 12.0. The summed E-state index contributed by atoms with van der Waals surface area (Å²) in [7, 11) is 0. The molecule has 36 heavy (non-hydrogen) atoms. The van der Waals surface area contributed by atoms with E-state index in [0.29, 0.717) is 0 Å². The van der Waals surface area contributed by atoms with Crippen LogP contribution < -0.4 is 10.6 Å². The van der Waals surface area contributed by atoms with Gasteiger partial charge in [-0.2, -0.15) is 18.4 Å². The van der Waals surface area contributed by atoms with Crippen molar-refractivity contribution in [3.05, 3.63) is 95.1 Å². The molecule has 0 radical (unpaired) electrons. The van der Waals surface area contributed by atoms with Crippen molar-refractivity contribution >= 4 is 5.91 Å². The lowest BCUT2D eigenvalue weighted by atomic mass is 9.88. The molecule has 0 bridgehead atoms. The summed E-state index contributed by atoms with van der Waals surface area (Å²) >= 11 is 0. The lowest BCUT2D eigenvalue weighted by Gasteiger charge is -2.28. The van der Waals surface area contributed by atoms with Gasteiger partial charge in [0.25, 0.3) is 0 Å². The third-order valence-corrected chi connectivity index (χ3v) is 6.50. The van der Waals surface area contributed by atoms with Gasteiger partial charge < -0.3 is 5.32 Å². The lowest BCUT2D eigenvalue weighted by Crippen LogP contribution is -2.49. The first-order valence-corrected chi connectivity index (χ1v) is 12.0. The summed E-state index contributed by atoms with van der Waals surface area (Å²) in [6.07, 6.45) is -4.41. The minimum absolute atomic E-state index is 0.0194. The fourth-order valence-electron chi connectivity index (χ4n) is 4.95. The molecule has 1 aliphatic carbocycles. The van der Waals surface area contributed by atoms with Gasteiger partial charge in [-0.1, -0.05) is 86.6 Å². The van der Waals surface area contributed by atoms with E-state index in [0.717, 1.165) is 27.8 Å². The van der Waals surface area contributed by atoms with E-state index in [1.165, 1.54) is 12.1 Å². The molecule has 0 aliphatic heterocycles. The minimum Gasteiger partial charge on any atom is -0.342 e. The van der Waals surface area contributed by atoms with E-state index in [-0.39, 0.29) is 30.4 Å². The lowest BCUT2D eigenvalue weighted by molar-refractivity contribution is -0.161. The van der Waals surface area contributed by atoms with Gasteiger partial charge in [0.1, 0.15) is 12.6 Å². The molecular weight excluding hydrogens is 463 g/mol. The maximum Gasteiger partial charge on any atom is 0.407 e. The summed E-state index contributed by atoms with van der Waals surface area (Å²) in [5, 5.41) is 13.6. The Morgan fingerprint density at radius 2 is 1.50 bits per heavy atom. The Balaban J connectivity index is 1.65. The number of amides is 1. The molecule has 3 aromatic rings. The van der Waals surface area contributed by atoms with Crippen LogP contribution in [-0.4, -0.2) is 24.7 Å². The number of hydrogen-bond donors (Lipinski definition) is 2. The number of nitriles is 1. The van der Waals surface area contributed by atoms with Crippen LogP contribution in [0.3, 0.4) is 0 Å². The van der Waals surface area contributed by atoms with Gasteiger partial charge in [-0.3, -0.25) is 10.1 Å². The molecule has 0 unspecified atom stereocenters. The number of alkyl halides is 3. The number of nitrogens with zero attached hydrogens (tertiary/aromatic N) is 1. The molecule has 186 valence electrons. The molecule has 7 heteroatoms. The van der Waals surface area contributed by atoms with Gasteiger partial charge >= 0.3 is 6.18 Å². The normalized spacial score (nSPS) is 14.6. The fourth-order valence-corrected chi connectivity index (χ4v) is 4.95. The second kappa shape index (κ2) is 10.5. The highest BCUT2D eigenvalue weighted by Crippen LogP contribution is 2.48. The van der Waals surface area contributed by atoms with Gasteiger partial charge in [0.05, 0.1) is 12.1 Å². The maximum atomic E-state index is 14.2. The number of nitrogens with one attached hydrogen (secondary N) is 2. The Morgan fingerprint density at radius 3 is 2.00 bits per heavy atom. The van der Waals surface area contributed by atoms with Crippen molar-refractivity contribution in [3.8, 4) is 17.2 Å². The van der Waals surface area contributed by atoms with Crippen LogP contribution in [0.5, 0.6) is 0 Å². The molecule has 0 saturated heterocycles. The Morgan fingerprint density at radius 1 is 0.944 bits per heavy atom. The molecule has 3 aromatic carbocycles. The number of hydrogen-bond acceptors (Lipinski definition) is 3. The smallest absolute Gasteiger partial charge is 0.342 e. The van der Waals surface area contributed by atoms with Crippen molar-refractivity contribution in [2.45, 2.75) is 44.4 Å². The average Bonchev–Trinajstić information content (AvgIpc) is 3.19. The van der Waals surface area contributed by atoms with Crippen LogP contribution in [0.25, 0.3) is 11.1 Å². The van der Waals surface area contributed by atoms with E-state index >= 15 is 0 Å². The van der Waals surface area contributed by atoms with E-state index in [2.05, 4.69) is 34.9 Å². The second-order valence-corrected chi connectivity index (χ2v) is 9.47. The summed E-state index contributed by atoms with van der Waals surface area (Å²) in [4.78, 5) is 12.5. The van der Waals surface area contributed by atoms with Crippen LogP contribution in [-0.2, 0) is 4.79 Å². The first-order chi connectivity index (χ1) is 17.2. The van der Waals surface area contributed by atoms with E-state index in [1.54, 1.807) is 18.2 Å². The molecule has 4 nitrogen and oxygen atoms in total. The average molecular weight is 492 g/mol. The Kier molecular flexibility index (Phi) is 7.46. The van der Waals surface area contributed by atoms with Gasteiger partial charge in [-0.25, -0.2) is 0 Å². The zero-order valence-corrected chi connectivity index (χ0v) is 20.1. The molecule has 0 saturated carbocycles. The number of fused-ring (bicyclic) bond motifs is 3. The minimum atomic E-state index is -4.61. The predicted molar refractivity (Wildman–Crippen MR) is 133 cm³/mol. The van der Waals surface area contributed by atoms with Crippen molar-refractivity contribution < 1.29 is 18.0 Å². The molecular formula is C29H28F3N3O. The van der Waals surface area contributed by atoms with Crippen molar-refractivity contribution in [2.75, 3.05) is 6.54 Å². The molecule has 2 N–H and O–H groups in total.